The predicted octanol–water partition coefficient (Wildman–Crippen LogP) is 3.61. The van der Waals surface area contributed by atoms with E-state index in [-0.39, 0.29) is 19.0 Å². The number of benzene rings is 1. The lowest BCUT2D eigenvalue weighted by atomic mass is 10.2. The van der Waals surface area contributed by atoms with Crippen LogP contribution in [-0.2, 0) is 13.1 Å². The fraction of sp³-hybridized carbons (Fsp3) is 0.308. The summed E-state index contributed by atoms with van der Waals surface area (Å²) >= 11 is 0. The van der Waals surface area contributed by atoms with E-state index < -0.39 is 11.6 Å². The SMILES string of the molecule is CCCn1cc(NCc2cc(F)ccc2F)cn1.Cl. The van der Waals surface area contributed by atoms with E-state index in [0.29, 0.717) is 5.56 Å². The van der Waals surface area contributed by atoms with Crippen LogP contribution in [0.25, 0.3) is 0 Å². The number of hydrogen-bond donors (Lipinski definition) is 1. The van der Waals surface area contributed by atoms with Crippen LogP contribution in [0.5, 0.6) is 0 Å². The Morgan fingerprint density at radius 3 is 2.84 bits per heavy atom. The van der Waals surface area contributed by atoms with Crippen molar-refractivity contribution in [3.63, 3.8) is 0 Å². The molecule has 0 aliphatic rings. The van der Waals surface area contributed by atoms with Gasteiger partial charge >= 0.3 is 0 Å². The van der Waals surface area contributed by atoms with Gasteiger partial charge in [-0.05, 0) is 24.6 Å². The molecule has 3 nitrogen and oxygen atoms in total. The van der Waals surface area contributed by atoms with Crippen molar-refractivity contribution in [3.05, 3.63) is 47.8 Å². The van der Waals surface area contributed by atoms with Crippen molar-refractivity contribution < 1.29 is 8.78 Å². The molecule has 0 fully saturated rings. The molecular formula is C13H16ClF2N3. The average Bonchev–Trinajstić information content (AvgIpc) is 2.79. The molecule has 1 N–H and O–H groups in total. The van der Waals surface area contributed by atoms with Crippen molar-refractivity contribution in [2.24, 2.45) is 0 Å². The van der Waals surface area contributed by atoms with Crippen molar-refractivity contribution in [2.45, 2.75) is 26.4 Å². The van der Waals surface area contributed by atoms with Crippen LogP contribution in [0.1, 0.15) is 18.9 Å². The highest BCUT2D eigenvalue weighted by Gasteiger charge is 2.04. The first-order chi connectivity index (χ1) is 8.69. The van der Waals surface area contributed by atoms with Crippen molar-refractivity contribution in [1.82, 2.24) is 9.78 Å². The molecule has 0 radical (unpaired) electrons. The molecule has 19 heavy (non-hydrogen) atoms. The first kappa shape index (κ1) is 15.4. The van der Waals surface area contributed by atoms with Crippen LogP contribution in [0.3, 0.4) is 0 Å². The average molecular weight is 288 g/mol. The first-order valence-electron chi connectivity index (χ1n) is 5.89. The van der Waals surface area contributed by atoms with Crippen molar-refractivity contribution in [3.8, 4) is 0 Å². The van der Waals surface area contributed by atoms with E-state index in [2.05, 4.69) is 17.3 Å². The Bertz CT molecular complexity index is 528. The number of nitrogens with zero attached hydrogens (tertiary/aromatic N) is 2. The summed E-state index contributed by atoms with van der Waals surface area (Å²) in [5, 5.41) is 7.16. The summed E-state index contributed by atoms with van der Waals surface area (Å²) in [6.45, 7) is 3.15. The smallest absolute Gasteiger partial charge is 0.128 e. The standard InChI is InChI=1S/C13H15F2N3.ClH/c1-2-5-18-9-12(8-17-18)16-7-10-6-11(14)3-4-13(10)15;/h3-4,6,8-9,16H,2,5,7H2,1H3;1H. The Kier molecular flexibility index (Phi) is 5.76. The number of aryl methyl sites for hydroxylation is 1. The van der Waals surface area contributed by atoms with E-state index in [1.165, 1.54) is 6.07 Å². The second-order valence-corrected chi connectivity index (χ2v) is 4.08. The van der Waals surface area contributed by atoms with Gasteiger partial charge in [0.15, 0.2) is 0 Å². The Hall–Kier alpha value is -1.62. The minimum Gasteiger partial charge on any atom is -0.378 e. The number of anilines is 1. The molecule has 1 aromatic heterocycles. The molecule has 0 saturated carbocycles. The molecule has 1 aromatic carbocycles. The zero-order valence-electron chi connectivity index (χ0n) is 10.6. The van der Waals surface area contributed by atoms with Crippen LogP contribution in [0.15, 0.2) is 30.6 Å². The van der Waals surface area contributed by atoms with Crippen LogP contribution in [0.2, 0.25) is 0 Å². The maximum Gasteiger partial charge on any atom is 0.128 e. The molecule has 1 heterocycles. The molecule has 0 aliphatic heterocycles. The third kappa shape index (κ3) is 4.21. The van der Waals surface area contributed by atoms with Gasteiger partial charge in [0.05, 0.1) is 11.9 Å². The molecule has 0 aliphatic carbocycles. The van der Waals surface area contributed by atoms with E-state index in [1.807, 2.05) is 10.9 Å². The maximum atomic E-state index is 13.4. The lowest BCUT2D eigenvalue weighted by Crippen LogP contribution is -2.02. The van der Waals surface area contributed by atoms with Gasteiger partial charge in [0.1, 0.15) is 11.6 Å². The molecule has 0 saturated heterocycles. The minimum atomic E-state index is -0.435. The largest absolute Gasteiger partial charge is 0.378 e. The minimum absolute atomic E-state index is 0. The molecule has 0 atom stereocenters. The second kappa shape index (κ2) is 7.09. The van der Waals surface area contributed by atoms with Crippen LogP contribution >= 0.6 is 12.4 Å². The van der Waals surface area contributed by atoms with Crippen LogP contribution in [-0.4, -0.2) is 9.78 Å². The number of halogens is 3. The van der Waals surface area contributed by atoms with Gasteiger partial charge in [-0.3, -0.25) is 4.68 Å². The van der Waals surface area contributed by atoms with E-state index in [1.54, 1.807) is 6.20 Å². The predicted molar refractivity (Wildman–Crippen MR) is 73.5 cm³/mol. The van der Waals surface area contributed by atoms with Crippen LogP contribution < -0.4 is 5.32 Å². The van der Waals surface area contributed by atoms with Gasteiger partial charge in [-0.2, -0.15) is 5.10 Å². The van der Waals surface area contributed by atoms with Gasteiger partial charge < -0.3 is 5.32 Å². The highest BCUT2D eigenvalue weighted by atomic mass is 35.5. The molecule has 0 unspecified atom stereocenters. The van der Waals surface area contributed by atoms with E-state index in [9.17, 15) is 8.78 Å². The monoisotopic (exact) mass is 287 g/mol. The number of rotatable bonds is 5. The second-order valence-electron chi connectivity index (χ2n) is 4.08. The van der Waals surface area contributed by atoms with Crippen molar-refractivity contribution in [1.29, 1.82) is 0 Å². The molecule has 0 spiro atoms. The Morgan fingerprint density at radius 1 is 1.32 bits per heavy atom. The zero-order valence-corrected chi connectivity index (χ0v) is 11.4. The molecule has 2 aromatic rings. The highest BCUT2D eigenvalue weighted by Crippen LogP contribution is 2.13. The number of aromatic nitrogens is 2. The van der Waals surface area contributed by atoms with Gasteiger partial charge in [-0.15, -0.1) is 12.4 Å². The van der Waals surface area contributed by atoms with Gasteiger partial charge in [0.25, 0.3) is 0 Å². The van der Waals surface area contributed by atoms with Gasteiger partial charge in [0, 0.05) is 24.8 Å². The van der Waals surface area contributed by atoms with Crippen LogP contribution in [0, 0.1) is 11.6 Å². The van der Waals surface area contributed by atoms with Crippen LogP contribution in [0.4, 0.5) is 14.5 Å². The molecule has 2 rings (SSSR count). The Labute approximate surface area is 117 Å². The molecule has 0 amide bonds. The Balaban J connectivity index is 0.00000180. The summed E-state index contributed by atoms with van der Waals surface area (Å²) < 4.78 is 28.1. The van der Waals surface area contributed by atoms with E-state index in [4.69, 9.17) is 0 Å². The fourth-order valence-electron chi connectivity index (χ4n) is 1.68. The van der Waals surface area contributed by atoms with E-state index >= 15 is 0 Å². The third-order valence-corrected chi connectivity index (χ3v) is 2.58. The summed E-state index contributed by atoms with van der Waals surface area (Å²) in [6, 6.07) is 3.43. The molecule has 104 valence electrons. The highest BCUT2D eigenvalue weighted by molar-refractivity contribution is 5.85. The summed E-state index contributed by atoms with van der Waals surface area (Å²) in [4.78, 5) is 0. The Morgan fingerprint density at radius 2 is 2.11 bits per heavy atom. The molecule has 6 heteroatoms. The lowest BCUT2D eigenvalue weighted by molar-refractivity contribution is 0.587. The van der Waals surface area contributed by atoms with Gasteiger partial charge in [-0.1, -0.05) is 6.92 Å². The quantitative estimate of drug-likeness (QED) is 0.910. The maximum absolute atomic E-state index is 13.4. The lowest BCUT2D eigenvalue weighted by Gasteiger charge is -2.05. The topological polar surface area (TPSA) is 29.9 Å². The summed E-state index contributed by atoms with van der Waals surface area (Å²) in [6.07, 6.45) is 4.52. The first-order valence-corrected chi connectivity index (χ1v) is 5.89. The van der Waals surface area contributed by atoms with E-state index in [0.717, 1.165) is 30.8 Å². The summed E-state index contributed by atoms with van der Waals surface area (Å²) in [7, 11) is 0. The van der Waals surface area contributed by atoms with Gasteiger partial charge in [0.2, 0.25) is 0 Å². The van der Waals surface area contributed by atoms with Crippen molar-refractivity contribution >= 4 is 18.1 Å². The fourth-order valence-corrected chi connectivity index (χ4v) is 1.68. The number of nitrogens with one attached hydrogen (secondary N) is 1. The normalized spacial score (nSPS) is 10.1. The number of hydrogen-bond acceptors (Lipinski definition) is 2. The van der Waals surface area contributed by atoms with Gasteiger partial charge in [-0.25, -0.2) is 8.78 Å². The molecular weight excluding hydrogens is 272 g/mol. The zero-order chi connectivity index (χ0) is 13.0. The third-order valence-electron chi connectivity index (χ3n) is 2.58. The van der Waals surface area contributed by atoms with Crippen molar-refractivity contribution in [2.75, 3.05) is 5.32 Å². The molecule has 0 bridgehead atoms. The summed E-state index contributed by atoms with van der Waals surface area (Å²) in [5.41, 5.74) is 1.10. The summed E-state index contributed by atoms with van der Waals surface area (Å²) in [5.74, 6) is -0.847.